The van der Waals surface area contributed by atoms with Gasteiger partial charge in [-0.3, -0.25) is 25.3 Å². The van der Waals surface area contributed by atoms with Crippen LogP contribution in [0.5, 0.6) is 5.75 Å². The number of nitrogens with zero attached hydrogens (tertiary/aromatic N) is 2. The number of guanidine groups is 1. The molecule has 0 aliphatic heterocycles. The van der Waals surface area contributed by atoms with Crippen LogP contribution in [0.15, 0.2) is 52.5 Å². The van der Waals surface area contributed by atoms with E-state index in [9.17, 15) is 23.6 Å². The number of hydrazone groups is 1. The van der Waals surface area contributed by atoms with Crippen LogP contribution in [0.25, 0.3) is 0 Å². The van der Waals surface area contributed by atoms with E-state index in [2.05, 4.69) is 10.5 Å². The third-order valence-electron chi connectivity index (χ3n) is 3.03. The number of aryl methyl sites for hydroxylation is 1. The van der Waals surface area contributed by atoms with Crippen LogP contribution in [0, 0.1) is 22.4 Å². The normalized spacial score (nSPS) is 10.7. The van der Waals surface area contributed by atoms with E-state index in [1.54, 1.807) is 12.1 Å². The Hall–Kier alpha value is -3.55. The van der Waals surface area contributed by atoms with Gasteiger partial charge in [0.15, 0.2) is 0 Å². The molecule has 0 atom stereocenters. The summed E-state index contributed by atoms with van der Waals surface area (Å²) in [6, 6.07) is 9.42. The number of hydrogen-bond donors (Lipinski definition) is 6. The van der Waals surface area contributed by atoms with Crippen LogP contribution >= 0.6 is 0 Å². The van der Waals surface area contributed by atoms with Crippen LogP contribution in [-0.2, 0) is 10.1 Å². The first-order chi connectivity index (χ1) is 13.0. The summed E-state index contributed by atoms with van der Waals surface area (Å²) in [5.74, 6) is -0.671. The summed E-state index contributed by atoms with van der Waals surface area (Å²) in [5, 5.41) is 38.5. The lowest BCUT2D eigenvalue weighted by Gasteiger charge is -2.00. The monoisotopic (exact) mass is 411 g/mol. The number of phenols is 1. The zero-order valence-electron chi connectivity index (χ0n) is 14.4. The highest BCUT2D eigenvalue weighted by Gasteiger charge is 2.08. The number of hydrogen-bond acceptors (Lipinski definition) is 8. The Labute approximate surface area is 159 Å². The fraction of sp³-hybridized carbons (Fsp3) is 0.0667. The largest absolute Gasteiger partial charge is 0.507 e. The summed E-state index contributed by atoms with van der Waals surface area (Å²) < 4.78 is 29.6. The van der Waals surface area contributed by atoms with Crippen LogP contribution in [-0.4, -0.2) is 40.4 Å². The molecule has 0 aliphatic carbocycles. The minimum Gasteiger partial charge on any atom is -0.507 e. The molecule has 2 aromatic rings. The molecule has 0 saturated heterocycles. The number of nitro benzene ring substituents is 1. The Kier molecular flexibility index (Phi) is 8.00. The number of rotatable bonds is 4. The lowest BCUT2D eigenvalue weighted by Crippen LogP contribution is -2.30. The molecule has 0 bridgehead atoms. The number of nitrogens with one attached hydrogen (secondary N) is 3. The van der Waals surface area contributed by atoms with Crippen molar-refractivity contribution in [1.29, 1.82) is 5.41 Å². The van der Waals surface area contributed by atoms with Gasteiger partial charge in [-0.2, -0.15) is 13.5 Å². The molecule has 0 fully saturated rings. The topological polar surface area (TPSA) is 198 Å². The summed E-state index contributed by atoms with van der Waals surface area (Å²) in [4.78, 5) is 9.80. The minimum absolute atomic E-state index is 0.0666. The summed E-state index contributed by atoms with van der Waals surface area (Å²) in [6.45, 7) is 1.84. The Morgan fingerprint density at radius 1 is 1.25 bits per heavy atom. The van der Waals surface area contributed by atoms with Gasteiger partial charge in [-0.1, -0.05) is 17.7 Å². The van der Waals surface area contributed by atoms with Crippen molar-refractivity contribution in [2.45, 2.75) is 11.8 Å². The highest BCUT2D eigenvalue weighted by atomic mass is 32.2. The SMILES string of the molecule is Cc1ccc(S(=O)(=O)O)cc1.N=C(NO)NN=Cc1cc([N+](=O)[O-])ccc1O. The Bertz CT molecular complexity index is 975. The predicted molar refractivity (Wildman–Crippen MR) is 99.1 cm³/mol. The average Bonchev–Trinajstić information content (AvgIpc) is 2.63. The van der Waals surface area contributed by atoms with Crippen molar-refractivity contribution < 1.29 is 28.2 Å². The first kappa shape index (κ1) is 22.5. The fourth-order valence-electron chi connectivity index (χ4n) is 1.66. The molecule has 0 aliphatic rings. The summed E-state index contributed by atoms with van der Waals surface area (Å²) in [7, 11) is -4.02. The maximum atomic E-state index is 10.5. The van der Waals surface area contributed by atoms with E-state index in [-0.39, 0.29) is 21.9 Å². The standard InChI is InChI=1S/C8H9N5O4.C7H8O3S/c9-8(12-15)11-10-4-5-3-6(13(16)17)1-2-7(5)14;1-6-2-4-7(5-3-6)11(8,9)10/h1-4,14-15H,(H3,9,11,12);2-5H,1H3,(H,8,9,10). The van der Waals surface area contributed by atoms with Crippen molar-refractivity contribution in [1.82, 2.24) is 10.9 Å². The minimum atomic E-state index is -4.02. The van der Waals surface area contributed by atoms with Gasteiger partial charge in [0, 0.05) is 17.7 Å². The van der Waals surface area contributed by atoms with Crippen LogP contribution in [0.4, 0.5) is 5.69 Å². The number of hydroxylamine groups is 1. The molecule has 0 spiro atoms. The van der Waals surface area contributed by atoms with Gasteiger partial charge in [0.25, 0.3) is 15.8 Å². The van der Waals surface area contributed by atoms with Gasteiger partial charge in [-0.05, 0) is 25.1 Å². The second kappa shape index (κ2) is 9.96. The van der Waals surface area contributed by atoms with Gasteiger partial charge in [0.1, 0.15) is 5.75 Å². The molecule has 0 radical (unpaired) electrons. The van der Waals surface area contributed by atoms with Crippen molar-refractivity contribution in [3.8, 4) is 5.75 Å². The molecule has 0 aromatic heterocycles. The van der Waals surface area contributed by atoms with E-state index in [1.165, 1.54) is 17.6 Å². The highest BCUT2D eigenvalue weighted by molar-refractivity contribution is 7.85. The smallest absolute Gasteiger partial charge is 0.294 e. The lowest BCUT2D eigenvalue weighted by molar-refractivity contribution is -0.384. The van der Waals surface area contributed by atoms with Crippen molar-refractivity contribution in [3.05, 3.63) is 63.7 Å². The molecule has 2 aromatic carbocycles. The van der Waals surface area contributed by atoms with E-state index in [4.69, 9.17) is 15.2 Å². The predicted octanol–water partition coefficient (Wildman–Crippen LogP) is 1.38. The van der Waals surface area contributed by atoms with Crippen LogP contribution in [0.1, 0.15) is 11.1 Å². The molecule has 150 valence electrons. The third kappa shape index (κ3) is 7.36. The van der Waals surface area contributed by atoms with Crippen LogP contribution in [0.3, 0.4) is 0 Å². The van der Waals surface area contributed by atoms with Crippen molar-refractivity contribution >= 4 is 28.0 Å². The van der Waals surface area contributed by atoms with Gasteiger partial charge < -0.3 is 5.11 Å². The number of benzene rings is 2. The maximum absolute atomic E-state index is 10.5. The van der Waals surface area contributed by atoms with Gasteiger partial charge in [-0.15, -0.1) is 0 Å². The number of non-ortho nitro benzene ring substituents is 1. The lowest BCUT2D eigenvalue weighted by atomic mass is 10.2. The summed E-state index contributed by atoms with van der Waals surface area (Å²) in [6.07, 6.45) is 1.08. The maximum Gasteiger partial charge on any atom is 0.294 e. The Morgan fingerprint density at radius 2 is 1.86 bits per heavy atom. The molecule has 0 amide bonds. The molecule has 28 heavy (non-hydrogen) atoms. The molecule has 12 nitrogen and oxygen atoms in total. The first-order valence-electron chi connectivity index (χ1n) is 7.34. The van der Waals surface area contributed by atoms with E-state index in [0.29, 0.717) is 0 Å². The van der Waals surface area contributed by atoms with Gasteiger partial charge >= 0.3 is 0 Å². The Morgan fingerprint density at radius 3 is 2.36 bits per heavy atom. The van der Waals surface area contributed by atoms with Gasteiger partial charge in [-0.25, -0.2) is 10.9 Å². The number of nitro groups is 1. The highest BCUT2D eigenvalue weighted by Crippen LogP contribution is 2.21. The molecule has 13 heteroatoms. The summed E-state index contributed by atoms with van der Waals surface area (Å²) in [5.41, 5.74) is 4.42. The van der Waals surface area contributed by atoms with Gasteiger partial charge in [0.2, 0.25) is 5.96 Å². The van der Waals surface area contributed by atoms with E-state index < -0.39 is 21.0 Å². The van der Waals surface area contributed by atoms with Crippen molar-refractivity contribution in [2.75, 3.05) is 0 Å². The Balaban J connectivity index is 0.000000307. The van der Waals surface area contributed by atoms with Gasteiger partial charge in [0.05, 0.1) is 16.0 Å². The number of phenolic OH excluding ortho intramolecular Hbond substituents is 1. The van der Waals surface area contributed by atoms with Crippen LogP contribution < -0.4 is 10.9 Å². The second-order valence-corrected chi connectivity index (χ2v) is 6.57. The quantitative estimate of drug-likeness (QED) is 0.141. The first-order valence-corrected chi connectivity index (χ1v) is 8.78. The zero-order chi connectivity index (χ0) is 21.3. The fourth-order valence-corrected chi connectivity index (χ4v) is 2.14. The van der Waals surface area contributed by atoms with E-state index >= 15 is 0 Å². The van der Waals surface area contributed by atoms with Crippen LogP contribution in [0.2, 0.25) is 0 Å². The number of aromatic hydroxyl groups is 1. The van der Waals surface area contributed by atoms with Crippen molar-refractivity contribution in [3.63, 3.8) is 0 Å². The molecule has 6 N–H and O–H groups in total. The molecule has 2 rings (SSSR count). The van der Waals surface area contributed by atoms with E-state index in [0.717, 1.165) is 30.0 Å². The second-order valence-electron chi connectivity index (χ2n) is 5.15. The van der Waals surface area contributed by atoms with Crippen molar-refractivity contribution in [2.24, 2.45) is 5.10 Å². The van der Waals surface area contributed by atoms with E-state index in [1.807, 2.05) is 6.92 Å². The molecular weight excluding hydrogens is 394 g/mol. The molecule has 0 saturated carbocycles. The summed E-state index contributed by atoms with van der Waals surface area (Å²) >= 11 is 0. The third-order valence-corrected chi connectivity index (χ3v) is 3.90. The zero-order valence-corrected chi connectivity index (χ0v) is 15.2. The molecule has 0 unspecified atom stereocenters. The molecule has 0 heterocycles. The average molecular weight is 411 g/mol. The molecular formula is C15H17N5O7S.